The Morgan fingerprint density at radius 2 is 1.56 bits per heavy atom. The average Bonchev–Trinajstić information content (AvgIpc) is 2.87. The molecule has 0 saturated carbocycles. The molecule has 2 amide bonds. The number of hydrogen-bond acceptors (Lipinski definition) is 5. The number of piperazine rings is 1. The van der Waals surface area contributed by atoms with Crippen LogP contribution in [0.2, 0.25) is 0 Å². The Morgan fingerprint density at radius 3 is 2.18 bits per heavy atom. The van der Waals surface area contributed by atoms with E-state index in [4.69, 9.17) is 4.74 Å². The Bertz CT molecular complexity index is 1240. The minimum absolute atomic E-state index is 0.0832. The normalized spacial score (nSPS) is 14.0. The molecule has 4 rings (SSSR count). The van der Waals surface area contributed by atoms with Gasteiger partial charge in [-0.1, -0.05) is 30.3 Å². The van der Waals surface area contributed by atoms with E-state index in [2.05, 4.69) is 5.10 Å². The molecule has 0 spiro atoms. The molecule has 0 bridgehead atoms. The van der Waals surface area contributed by atoms with Crippen molar-refractivity contribution in [3.05, 3.63) is 70.1 Å². The first-order chi connectivity index (χ1) is 16.4. The van der Waals surface area contributed by atoms with E-state index in [0.29, 0.717) is 49.8 Å². The molecule has 1 aliphatic heterocycles. The van der Waals surface area contributed by atoms with Crippen molar-refractivity contribution in [2.75, 3.05) is 33.3 Å². The molecule has 34 heavy (non-hydrogen) atoms. The molecule has 8 nitrogen and oxygen atoms in total. The second-order valence-corrected chi connectivity index (χ2v) is 8.76. The van der Waals surface area contributed by atoms with Crippen LogP contribution in [-0.2, 0) is 11.2 Å². The number of ether oxygens (including phenoxy) is 1. The monoisotopic (exact) mass is 462 g/mol. The maximum atomic E-state index is 13.4. The van der Waals surface area contributed by atoms with Crippen molar-refractivity contribution in [2.45, 2.75) is 32.7 Å². The Kier molecular flexibility index (Phi) is 6.95. The molecule has 1 saturated heterocycles. The predicted octanol–water partition coefficient (Wildman–Crippen LogP) is 2.90. The van der Waals surface area contributed by atoms with Gasteiger partial charge in [-0.05, 0) is 44.0 Å². The van der Waals surface area contributed by atoms with Crippen molar-refractivity contribution in [3.63, 3.8) is 0 Å². The number of benzene rings is 2. The number of rotatable bonds is 6. The minimum Gasteiger partial charge on any atom is -0.497 e. The zero-order chi connectivity index (χ0) is 24.2. The summed E-state index contributed by atoms with van der Waals surface area (Å²) < 4.78 is 6.54. The van der Waals surface area contributed by atoms with Gasteiger partial charge in [0.2, 0.25) is 5.91 Å². The maximum absolute atomic E-state index is 13.4. The number of aryl methyl sites for hydroxylation is 1. The molecule has 0 unspecified atom stereocenters. The lowest BCUT2D eigenvalue weighted by atomic mass is 10.1. The largest absolute Gasteiger partial charge is 0.497 e. The van der Waals surface area contributed by atoms with Crippen LogP contribution in [0.5, 0.6) is 5.75 Å². The Balaban J connectivity index is 1.41. The number of methoxy groups -OCH3 is 1. The molecule has 0 aliphatic carbocycles. The molecule has 2 heterocycles. The first-order valence-corrected chi connectivity index (χ1v) is 11.6. The molecule has 1 aromatic heterocycles. The highest BCUT2D eigenvalue weighted by Gasteiger charge is 2.27. The number of amides is 2. The van der Waals surface area contributed by atoms with E-state index in [9.17, 15) is 14.4 Å². The summed E-state index contributed by atoms with van der Waals surface area (Å²) in [4.78, 5) is 42.4. The molecule has 3 aromatic rings. The molecule has 0 radical (unpaired) electrons. The van der Waals surface area contributed by atoms with Crippen molar-refractivity contribution in [3.8, 4) is 5.75 Å². The Labute approximate surface area is 198 Å². The molecular formula is C26H30N4O4. The SMILES string of the molecule is COc1ccc(CCC(=O)N2CCN(C(=O)c3nn(C(C)C)c(=O)c4ccccc34)CC2)cc1. The summed E-state index contributed by atoms with van der Waals surface area (Å²) in [6.45, 7) is 5.57. The van der Waals surface area contributed by atoms with Crippen LogP contribution in [0.4, 0.5) is 0 Å². The fourth-order valence-corrected chi connectivity index (χ4v) is 4.22. The lowest BCUT2D eigenvalue weighted by molar-refractivity contribution is -0.132. The van der Waals surface area contributed by atoms with E-state index in [1.54, 1.807) is 36.3 Å². The second kappa shape index (κ2) is 10.1. The highest BCUT2D eigenvalue weighted by Crippen LogP contribution is 2.18. The molecule has 8 heteroatoms. The maximum Gasteiger partial charge on any atom is 0.275 e. The van der Waals surface area contributed by atoms with Gasteiger partial charge in [0.05, 0.1) is 18.5 Å². The van der Waals surface area contributed by atoms with Crippen molar-refractivity contribution in [1.29, 1.82) is 0 Å². The predicted molar refractivity (Wildman–Crippen MR) is 130 cm³/mol. The second-order valence-electron chi connectivity index (χ2n) is 8.76. The van der Waals surface area contributed by atoms with Crippen LogP contribution in [0.15, 0.2) is 53.3 Å². The van der Waals surface area contributed by atoms with E-state index in [1.165, 1.54) is 4.68 Å². The third kappa shape index (κ3) is 4.81. The summed E-state index contributed by atoms with van der Waals surface area (Å²) in [5.74, 6) is 0.665. The van der Waals surface area contributed by atoms with Crippen LogP contribution in [-0.4, -0.2) is 64.7 Å². The zero-order valence-electron chi connectivity index (χ0n) is 19.9. The Hall–Kier alpha value is -3.68. The number of hydrogen-bond donors (Lipinski definition) is 0. The fraction of sp³-hybridized carbons (Fsp3) is 0.385. The fourth-order valence-electron chi connectivity index (χ4n) is 4.22. The van der Waals surface area contributed by atoms with Crippen LogP contribution in [0.25, 0.3) is 10.8 Å². The number of aromatic nitrogens is 2. The first kappa shape index (κ1) is 23.5. The van der Waals surface area contributed by atoms with Crippen LogP contribution in [0, 0.1) is 0 Å². The van der Waals surface area contributed by atoms with E-state index in [1.807, 2.05) is 43.0 Å². The van der Waals surface area contributed by atoms with E-state index in [-0.39, 0.29) is 29.1 Å². The summed E-state index contributed by atoms with van der Waals surface area (Å²) >= 11 is 0. The van der Waals surface area contributed by atoms with Crippen LogP contribution in [0.3, 0.4) is 0 Å². The smallest absolute Gasteiger partial charge is 0.275 e. The summed E-state index contributed by atoms with van der Waals surface area (Å²) in [5.41, 5.74) is 1.17. The summed E-state index contributed by atoms with van der Waals surface area (Å²) in [6, 6.07) is 14.7. The van der Waals surface area contributed by atoms with Gasteiger partial charge < -0.3 is 14.5 Å². The van der Waals surface area contributed by atoms with E-state index in [0.717, 1.165) is 11.3 Å². The van der Waals surface area contributed by atoms with Gasteiger partial charge in [0.25, 0.3) is 11.5 Å². The third-order valence-electron chi connectivity index (χ3n) is 6.23. The van der Waals surface area contributed by atoms with Crippen molar-refractivity contribution in [1.82, 2.24) is 19.6 Å². The van der Waals surface area contributed by atoms with Crippen molar-refractivity contribution >= 4 is 22.6 Å². The quantitative estimate of drug-likeness (QED) is 0.562. The van der Waals surface area contributed by atoms with Gasteiger partial charge in [-0.3, -0.25) is 14.4 Å². The van der Waals surface area contributed by atoms with Gasteiger partial charge in [-0.15, -0.1) is 0 Å². The van der Waals surface area contributed by atoms with Crippen molar-refractivity contribution < 1.29 is 14.3 Å². The van der Waals surface area contributed by atoms with Gasteiger partial charge in [-0.25, -0.2) is 4.68 Å². The highest BCUT2D eigenvalue weighted by molar-refractivity contribution is 6.04. The Morgan fingerprint density at radius 1 is 0.941 bits per heavy atom. The number of carbonyl (C=O) groups is 2. The topological polar surface area (TPSA) is 84.7 Å². The molecule has 1 fully saturated rings. The lowest BCUT2D eigenvalue weighted by Crippen LogP contribution is -2.51. The molecule has 0 N–H and O–H groups in total. The zero-order valence-corrected chi connectivity index (χ0v) is 19.9. The van der Waals surface area contributed by atoms with Gasteiger partial charge in [0.1, 0.15) is 5.75 Å². The number of carbonyl (C=O) groups excluding carboxylic acids is 2. The third-order valence-corrected chi connectivity index (χ3v) is 6.23. The number of fused-ring (bicyclic) bond motifs is 1. The first-order valence-electron chi connectivity index (χ1n) is 11.6. The highest BCUT2D eigenvalue weighted by atomic mass is 16.5. The summed E-state index contributed by atoms with van der Waals surface area (Å²) in [5, 5.41) is 5.48. The lowest BCUT2D eigenvalue weighted by Gasteiger charge is -2.35. The van der Waals surface area contributed by atoms with Crippen LogP contribution < -0.4 is 10.3 Å². The van der Waals surface area contributed by atoms with E-state index >= 15 is 0 Å². The van der Waals surface area contributed by atoms with Crippen LogP contribution >= 0.6 is 0 Å². The molecular weight excluding hydrogens is 432 g/mol. The minimum atomic E-state index is -0.212. The average molecular weight is 463 g/mol. The van der Waals surface area contributed by atoms with Gasteiger partial charge in [0, 0.05) is 38.0 Å². The molecule has 2 aromatic carbocycles. The number of nitrogens with zero attached hydrogens (tertiary/aromatic N) is 4. The van der Waals surface area contributed by atoms with Crippen molar-refractivity contribution in [2.24, 2.45) is 0 Å². The standard InChI is InChI=1S/C26H30N4O4/c1-18(2)30-25(32)22-7-5-4-6-21(22)24(27-30)26(33)29-16-14-28(15-17-29)23(31)13-10-19-8-11-20(34-3)12-9-19/h4-9,11-12,18H,10,13-17H2,1-3H3. The molecule has 0 atom stereocenters. The summed E-state index contributed by atoms with van der Waals surface area (Å²) in [7, 11) is 1.63. The van der Waals surface area contributed by atoms with E-state index < -0.39 is 0 Å². The van der Waals surface area contributed by atoms with Gasteiger partial charge >= 0.3 is 0 Å². The van der Waals surface area contributed by atoms with Crippen LogP contribution in [0.1, 0.15) is 42.4 Å². The molecule has 1 aliphatic rings. The van der Waals surface area contributed by atoms with Gasteiger partial charge in [0.15, 0.2) is 5.69 Å². The molecule has 178 valence electrons. The van der Waals surface area contributed by atoms with Gasteiger partial charge in [-0.2, -0.15) is 5.10 Å². The summed E-state index contributed by atoms with van der Waals surface area (Å²) in [6.07, 6.45) is 1.08.